The first-order chi connectivity index (χ1) is 9.74. The Kier molecular flexibility index (Phi) is 3.85. The molecule has 1 aliphatic heterocycles. The lowest BCUT2D eigenvalue weighted by Crippen LogP contribution is -2.33. The number of aromatic amines is 1. The molecule has 2 heterocycles. The van der Waals surface area contributed by atoms with E-state index in [4.69, 9.17) is 0 Å². The van der Waals surface area contributed by atoms with Crippen molar-refractivity contribution in [3.8, 4) is 11.4 Å². The van der Waals surface area contributed by atoms with Crippen LogP contribution in [-0.2, 0) is 6.54 Å². The molecule has 20 heavy (non-hydrogen) atoms. The van der Waals surface area contributed by atoms with Gasteiger partial charge in [0.2, 0.25) is 0 Å². The lowest BCUT2D eigenvalue weighted by atomic mass is 10.1. The molecule has 1 aliphatic rings. The lowest BCUT2D eigenvalue weighted by Gasteiger charge is -2.25. The number of hydrogen-bond acceptors (Lipinski definition) is 3. The van der Waals surface area contributed by atoms with Crippen LogP contribution in [-0.4, -0.2) is 53.0 Å². The zero-order chi connectivity index (χ0) is 13.9. The number of likely N-dealkylation sites (tertiary alicyclic amines) is 1. The quantitative estimate of drug-likeness (QED) is 0.925. The summed E-state index contributed by atoms with van der Waals surface area (Å²) >= 11 is 0. The van der Waals surface area contributed by atoms with Crippen LogP contribution in [0.25, 0.3) is 11.4 Å². The van der Waals surface area contributed by atoms with Gasteiger partial charge in [-0.1, -0.05) is 24.3 Å². The highest BCUT2D eigenvalue weighted by molar-refractivity contribution is 5.59. The van der Waals surface area contributed by atoms with E-state index in [1.807, 2.05) is 12.4 Å². The standard InChI is InChI=1S/C16H22N4/c1-19-10-7-14(12-19)20(2)11-13-5-3-4-6-15(13)16-17-8-9-18-16/h3-6,8-9,14H,7,10-12H2,1-2H3,(H,17,18). The molecule has 0 bridgehead atoms. The molecule has 2 aromatic rings. The van der Waals surface area contributed by atoms with Gasteiger partial charge in [0.1, 0.15) is 5.82 Å². The van der Waals surface area contributed by atoms with E-state index in [2.05, 4.69) is 58.1 Å². The maximum atomic E-state index is 4.38. The monoisotopic (exact) mass is 270 g/mol. The third-order valence-electron chi connectivity index (χ3n) is 4.18. The van der Waals surface area contributed by atoms with Gasteiger partial charge in [-0.25, -0.2) is 4.98 Å². The minimum Gasteiger partial charge on any atom is -0.345 e. The van der Waals surface area contributed by atoms with E-state index in [0.717, 1.165) is 12.4 Å². The summed E-state index contributed by atoms with van der Waals surface area (Å²) in [6.45, 7) is 3.34. The van der Waals surface area contributed by atoms with E-state index in [1.165, 1.54) is 30.6 Å². The molecule has 0 spiro atoms. The molecule has 0 radical (unpaired) electrons. The Morgan fingerprint density at radius 2 is 2.25 bits per heavy atom. The van der Waals surface area contributed by atoms with E-state index in [-0.39, 0.29) is 0 Å². The van der Waals surface area contributed by atoms with E-state index in [9.17, 15) is 0 Å². The molecular formula is C16H22N4. The number of likely N-dealkylation sites (N-methyl/N-ethyl adjacent to an activating group) is 2. The Labute approximate surface area is 120 Å². The fraction of sp³-hybridized carbons (Fsp3) is 0.438. The minimum absolute atomic E-state index is 0.657. The van der Waals surface area contributed by atoms with Gasteiger partial charge in [-0.05, 0) is 32.6 Å². The number of rotatable bonds is 4. The summed E-state index contributed by atoms with van der Waals surface area (Å²) in [6.07, 6.45) is 4.94. The van der Waals surface area contributed by atoms with Crippen molar-refractivity contribution in [1.82, 2.24) is 19.8 Å². The predicted octanol–water partition coefficient (Wildman–Crippen LogP) is 2.21. The number of aromatic nitrogens is 2. The van der Waals surface area contributed by atoms with Crippen LogP contribution in [0.3, 0.4) is 0 Å². The van der Waals surface area contributed by atoms with Crippen molar-refractivity contribution < 1.29 is 0 Å². The minimum atomic E-state index is 0.657. The second kappa shape index (κ2) is 5.77. The Balaban J connectivity index is 1.77. The molecule has 1 aromatic heterocycles. The average Bonchev–Trinajstić information content (AvgIpc) is 3.10. The van der Waals surface area contributed by atoms with Crippen molar-refractivity contribution in [3.63, 3.8) is 0 Å². The molecule has 4 heteroatoms. The van der Waals surface area contributed by atoms with Crippen LogP contribution in [0.5, 0.6) is 0 Å². The van der Waals surface area contributed by atoms with Gasteiger partial charge >= 0.3 is 0 Å². The topological polar surface area (TPSA) is 35.2 Å². The normalized spacial score (nSPS) is 19.9. The van der Waals surface area contributed by atoms with Crippen molar-refractivity contribution in [3.05, 3.63) is 42.2 Å². The molecule has 1 fully saturated rings. The maximum absolute atomic E-state index is 4.38. The first kappa shape index (κ1) is 13.3. The summed E-state index contributed by atoms with van der Waals surface area (Å²) in [5, 5.41) is 0. The highest BCUT2D eigenvalue weighted by Crippen LogP contribution is 2.23. The Morgan fingerprint density at radius 1 is 1.40 bits per heavy atom. The predicted molar refractivity (Wildman–Crippen MR) is 81.4 cm³/mol. The molecule has 0 amide bonds. The van der Waals surface area contributed by atoms with E-state index >= 15 is 0 Å². The molecule has 1 atom stereocenters. The number of imidazole rings is 1. The Bertz CT molecular complexity index is 549. The van der Waals surface area contributed by atoms with Crippen molar-refractivity contribution >= 4 is 0 Å². The number of benzene rings is 1. The van der Waals surface area contributed by atoms with E-state index in [1.54, 1.807) is 0 Å². The molecule has 1 unspecified atom stereocenters. The highest BCUT2D eigenvalue weighted by atomic mass is 15.2. The van der Waals surface area contributed by atoms with Gasteiger partial charge < -0.3 is 9.88 Å². The second-order valence-electron chi connectivity index (χ2n) is 5.71. The zero-order valence-electron chi connectivity index (χ0n) is 12.2. The molecule has 4 nitrogen and oxygen atoms in total. The number of nitrogens with zero attached hydrogens (tertiary/aromatic N) is 3. The van der Waals surface area contributed by atoms with Gasteiger partial charge in [-0.15, -0.1) is 0 Å². The molecule has 1 N–H and O–H groups in total. The summed E-state index contributed by atoms with van der Waals surface area (Å²) < 4.78 is 0. The fourth-order valence-corrected chi connectivity index (χ4v) is 2.97. The largest absolute Gasteiger partial charge is 0.345 e. The molecule has 1 saturated heterocycles. The molecule has 1 aromatic carbocycles. The van der Waals surface area contributed by atoms with Crippen LogP contribution < -0.4 is 0 Å². The van der Waals surface area contributed by atoms with Crippen LogP contribution in [0.2, 0.25) is 0 Å². The molecule has 0 aliphatic carbocycles. The Hall–Kier alpha value is -1.65. The molecule has 106 valence electrons. The summed E-state index contributed by atoms with van der Waals surface area (Å²) in [6, 6.07) is 9.18. The molecule has 0 saturated carbocycles. The fourth-order valence-electron chi connectivity index (χ4n) is 2.97. The van der Waals surface area contributed by atoms with Gasteiger partial charge in [0, 0.05) is 37.1 Å². The summed E-state index contributed by atoms with van der Waals surface area (Å²) in [7, 11) is 4.42. The second-order valence-corrected chi connectivity index (χ2v) is 5.71. The summed E-state index contributed by atoms with van der Waals surface area (Å²) in [4.78, 5) is 12.5. The van der Waals surface area contributed by atoms with Gasteiger partial charge in [0.05, 0.1) is 0 Å². The van der Waals surface area contributed by atoms with Crippen molar-refractivity contribution in [2.24, 2.45) is 0 Å². The van der Waals surface area contributed by atoms with Gasteiger partial charge in [-0.3, -0.25) is 4.90 Å². The first-order valence-corrected chi connectivity index (χ1v) is 7.20. The SMILES string of the molecule is CN1CCC(N(C)Cc2ccccc2-c2ncc[nH]2)C1. The van der Waals surface area contributed by atoms with Crippen LogP contribution in [0, 0.1) is 0 Å². The highest BCUT2D eigenvalue weighted by Gasteiger charge is 2.23. The number of hydrogen-bond donors (Lipinski definition) is 1. The van der Waals surface area contributed by atoms with Crippen LogP contribution in [0.1, 0.15) is 12.0 Å². The molecule has 3 rings (SSSR count). The van der Waals surface area contributed by atoms with E-state index in [0.29, 0.717) is 6.04 Å². The Morgan fingerprint density at radius 3 is 2.95 bits per heavy atom. The third-order valence-corrected chi connectivity index (χ3v) is 4.18. The summed E-state index contributed by atoms with van der Waals surface area (Å²) in [5.74, 6) is 0.956. The first-order valence-electron chi connectivity index (χ1n) is 7.20. The van der Waals surface area contributed by atoms with Crippen LogP contribution in [0.15, 0.2) is 36.7 Å². The maximum Gasteiger partial charge on any atom is 0.137 e. The molecular weight excluding hydrogens is 248 g/mol. The number of nitrogens with one attached hydrogen (secondary N) is 1. The third kappa shape index (κ3) is 2.76. The van der Waals surface area contributed by atoms with Crippen molar-refractivity contribution in [2.75, 3.05) is 27.2 Å². The zero-order valence-corrected chi connectivity index (χ0v) is 12.2. The lowest BCUT2D eigenvalue weighted by molar-refractivity contribution is 0.234. The smallest absolute Gasteiger partial charge is 0.137 e. The van der Waals surface area contributed by atoms with Crippen LogP contribution in [0.4, 0.5) is 0 Å². The van der Waals surface area contributed by atoms with Gasteiger partial charge in [0.15, 0.2) is 0 Å². The van der Waals surface area contributed by atoms with Crippen LogP contribution >= 0.6 is 0 Å². The van der Waals surface area contributed by atoms with Crippen molar-refractivity contribution in [2.45, 2.75) is 19.0 Å². The van der Waals surface area contributed by atoms with E-state index < -0.39 is 0 Å². The van der Waals surface area contributed by atoms with Gasteiger partial charge in [-0.2, -0.15) is 0 Å². The average molecular weight is 270 g/mol. The number of H-pyrrole nitrogens is 1. The summed E-state index contributed by atoms with van der Waals surface area (Å²) in [5.41, 5.74) is 2.54. The van der Waals surface area contributed by atoms with Gasteiger partial charge in [0.25, 0.3) is 0 Å². The van der Waals surface area contributed by atoms with Crippen molar-refractivity contribution in [1.29, 1.82) is 0 Å².